The van der Waals surface area contributed by atoms with Gasteiger partial charge in [-0.2, -0.15) is 0 Å². The summed E-state index contributed by atoms with van der Waals surface area (Å²) in [6, 6.07) is 9.96. The van der Waals surface area contributed by atoms with E-state index in [0.717, 1.165) is 5.56 Å². The maximum Gasteiger partial charge on any atom is 0.243 e. The molecule has 7 nitrogen and oxygen atoms in total. The minimum absolute atomic E-state index is 0. The predicted octanol–water partition coefficient (Wildman–Crippen LogP) is 1.76. The number of nitrogens with zero attached hydrogens (tertiary/aromatic N) is 2. The summed E-state index contributed by atoms with van der Waals surface area (Å²) in [7, 11) is 5.00. The number of amides is 2. The van der Waals surface area contributed by atoms with E-state index in [1.807, 2.05) is 51.1 Å². The molecule has 0 aliphatic heterocycles. The van der Waals surface area contributed by atoms with E-state index in [1.54, 1.807) is 21.1 Å². The Morgan fingerprint density at radius 3 is 2.30 bits per heavy atom. The number of nitrogens with one attached hydrogen (secondary N) is 3. The van der Waals surface area contributed by atoms with Gasteiger partial charge in [-0.05, 0) is 26.3 Å². The summed E-state index contributed by atoms with van der Waals surface area (Å²) in [5.41, 5.74) is 0.491. The van der Waals surface area contributed by atoms with E-state index in [0.29, 0.717) is 12.5 Å². The van der Waals surface area contributed by atoms with Crippen molar-refractivity contribution < 1.29 is 9.59 Å². The molecule has 1 atom stereocenters. The second-order valence-corrected chi connectivity index (χ2v) is 7.05. The molecular weight excluding hydrogens is 457 g/mol. The molecule has 1 aromatic rings. The van der Waals surface area contributed by atoms with Gasteiger partial charge in [0, 0.05) is 27.7 Å². The van der Waals surface area contributed by atoms with Crippen molar-refractivity contribution >= 4 is 41.8 Å². The van der Waals surface area contributed by atoms with Crippen LogP contribution in [-0.2, 0) is 9.59 Å². The van der Waals surface area contributed by atoms with Gasteiger partial charge < -0.3 is 20.9 Å². The Bertz CT molecular complexity index is 632. The van der Waals surface area contributed by atoms with Gasteiger partial charge in [-0.15, -0.1) is 24.0 Å². The fourth-order valence-electron chi connectivity index (χ4n) is 2.19. The number of hydrogen-bond donors (Lipinski definition) is 3. The smallest absolute Gasteiger partial charge is 0.243 e. The average molecular weight is 489 g/mol. The number of benzene rings is 1. The van der Waals surface area contributed by atoms with Gasteiger partial charge in [-0.25, -0.2) is 4.99 Å². The molecule has 0 bridgehead atoms. The maximum absolute atomic E-state index is 12.0. The first kappa shape index (κ1) is 25.2. The van der Waals surface area contributed by atoms with E-state index in [-0.39, 0.29) is 48.4 Å². The fourth-order valence-corrected chi connectivity index (χ4v) is 2.19. The average Bonchev–Trinajstić information content (AvgIpc) is 2.63. The maximum atomic E-state index is 12.0. The first-order valence-corrected chi connectivity index (χ1v) is 8.69. The Morgan fingerprint density at radius 2 is 1.78 bits per heavy atom. The summed E-state index contributed by atoms with van der Waals surface area (Å²) in [5.74, 6) is 0.336. The number of rotatable bonds is 7. The van der Waals surface area contributed by atoms with Crippen LogP contribution in [0.1, 0.15) is 32.4 Å². The van der Waals surface area contributed by atoms with Crippen LogP contribution in [0.15, 0.2) is 35.3 Å². The number of hydrogen-bond acceptors (Lipinski definition) is 3. The van der Waals surface area contributed by atoms with Crippen LogP contribution in [0.2, 0.25) is 0 Å². The molecule has 1 rings (SSSR count). The summed E-state index contributed by atoms with van der Waals surface area (Å²) < 4.78 is 0. The molecule has 0 heterocycles. The first-order chi connectivity index (χ1) is 12.2. The number of aliphatic imine (C=N–C) groups is 1. The number of carbonyl (C=O) groups is 2. The van der Waals surface area contributed by atoms with Gasteiger partial charge in [-0.1, -0.05) is 30.3 Å². The Labute approximate surface area is 179 Å². The van der Waals surface area contributed by atoms with Gasteiger partial charge in [0.05, 0.1) is 11.5 Å². The van der Waals surface area contributed by atoms with Crippen LogP contribution in [0, 0.1) is 5.41 Å². The van der Waals surface area contributed by atoms with Crippen LogP contribution in [0.5, 0.6) is 0 Å². The highest BCUT2D eigenvalue weighted by Gasteiger charge is 2.27. The largest absolute Gasteiger partial charge is 0.359 e. The summed E-state index contributed by atoms with van der Waals surface area (Å²) in [6.45, 7) is 6.13. The number of likely N-dealkylation sites (N-methyl/N-ethyl adjacent to an activating group) is 1. The van der Waals surface area contributed by atoms with Gasteiger partial charge in [0.15, 0.2) is 5.96 Å². The quantitative estimate of drug-likeness (QED) is 0.310. The molecule has 27 heavy (non-hydrogen) atoms. The second kappa shape index (κ2) is 11.8. The van der Waals surface area contributed by atoms with Crippen LogP contribution in [0.3, 0.4) is 0 Å². The molecular formula is C19H32IN5O2. The molecule has 152 valence electrons. The van der Waals surface area contributed by atoms with Crippen LogP contribution in [0.25, 0.3) is 0 Å². The summed E-state index contributed by atoms with van der Waals surface area (Å²) in [6.07, 6.45) is 0. The predicted molar refractivity (Wildman–Crippen MR) is 120 cm³/mol. The minimum atomic E-state index is -0.612. The second-order valence-electron chi connectivity index (χ2n) is 7.05. The molecule has 0 aliphatic rings. The minimum Gasteiger partial charge on any atom is -0.359 e. The molecule has 0 saturated carbocycles. The van der Waals surface area contributed by atoms with E-state index in [9.17, 15) is 9.59 Å². The first-order valence-electron chi connectivity index (χ1n) is 8.69. The number of guanidine groups is 1. The lowest BCUT2D eigenvalue weighted by atomic mass is 9.92. The molecule has 8 heteroatoms. The highest BCUT2D eigenvalue weighted by atomic mass is 127. The topological polar surface area (TPSA) is 85.8 Å². The molecule has 0 aromatic heterocycles. The molecule has 3 N–H and O–H groups in total. The highest BCUT2D eigenvalue weighted by molar-refractivity contribution is 14.0. The summed E-state index contributed by atoms with van der Waals surface area (Å²) in [5, 5.41) is 9.13. The van der Waals surface area contributed by atoms with E-state index in [1.165, 1.54) is 4.90 Å². The normalized spacial score (nSPS) is 12.4. The zero-order valence-corrected chi connectivity index (χ0v) is 19.3. The van der Waals surface area contributed by atoms with Crippen molar-refractivity contribution in [3.05, 3.63) is 35.9 Å². The Morgan fingerprint density at radius 1 is 1.19 bits per heavy atom. The van der Waals surface area contributed by atoms with Crippen LogP contribution in [-0.4, -0.2) is 56.9 Å². The monoisotopic (exact) mass is 489 g/mol. The number of carbonyl (C=O) groups excluding carboxylic acids is 2. The number of halogens is 1. The van der Waals surface area contributed by atoms with E-state index >= 15 is 0 Å². The van der Waals surface area contributed by atoms with Crippen LogP contribution >= 0.6 is 24.0 Å². The lowest BCUT2D eigenvalue weighted by Crippen LogP contribution is -2.48. The fraction of sp³-hybridized carbons (Fsp3) is 0.526. The molecule has 0 fully saturated rings. The molecule has 1 aromatic carbocycles. The van der Waals surface area contributed by atoms with E-state index < -0.39 is 5.41 Å². The van der Waals surface area contributed by atoms with Crippen LogP contribution in [0.4, 0.5) is 0 Å². The molecule has 1 unspecified atom stereocenters. The van der Waals surface area contributed by atoms with Crippen molar-refractivity contribution in [3.63, 3.8) is 0 Å². The van der Waals surface area contributed by atoms with E-state index in [4.69, 9.17) is 0 Å². The molecule has 0 spiro atoms. The Balaban J connectivity index is 0.00000676. The van der Waals surface area contributed by atoms with Crippen molar-refractivity contribution in [1.82, 2.24) is 20.9 Å². The van der Waals surface area contributed by atoms with Gasteiger partial charge in [-0.3, -0.25) is 9.59 Å². The van der Waals surface area contributed by atoms with Gasteiger partial charge in [0.25, 0.3) is 0 Å². The molecule has 0 aliphatic carbocycles. The van der Waals surface area contributed by atoms with Crippen molar-refractivity contribution in [2.75, 3.05) is 34.2 Å². The zero-order chi connectivity index (χ0) is 19.7. The van der Waals surface area contributed by atoms with Crippen molar-refractivity contribution in [3.8, 4) is 0 Å². The summed E-state index contributed by atoms with van der Waals surface area (Å²) >= 11 is 0. The standard InChI is InChI=1S/C19H31N5O2.HI/c1-14(15-10-8-7-9-11-15)23-18(21-12-16(25)24(5)6)22-13-19(2,3)17(26)20-4;/h7-11,14H,12-13H2,1-6H3,(H,20,26)(H2,21,22,23);1H. The van der Waals surface area contributed by atoms with Crippen LogP contribution < -0.4 is 16.0 Å². The van der Waals surface area contributed by atoms with Crippen molar-refractivity contribution in [1.29, 1.82) is 0 Å². The lowest BCUT2D eigenvalue weighted by Gasteiger charge is -2.25. The zero-order valence-electron chi connectivity index (χ0n) is 17.0. The Kier molecular flexibility index (Phi) is 11.0. The van der Waals surface area contributed by atoms with Gasteiger partial charge >= 0.3 is 0 Å². The summed E-state index contributed by atoms with van der Waals surface area (Å²) in [4.78, 5) is 29.7. The molecule has 0 radical (unpaired) electrons. The van der Waals surface area contributed by atoms with E-state index in [2.05, 4.69) is 20.9 Å². The van der Waals surface area contributed by atoms with Crippen molar-refractivity contribution in [2.24, 2.45) is 10.4 Å². The highest BCUT2D eigenvalue weighted by Crippen LogP contribution is 2.14. The van der Waals surface area contributed by atoms with Gasteiger partial charge in [0.2, 0.25) is 11.8 Å². The van der Waals surface area contributed by atoms with Gasteiger partial charge in [0.1, 0.15) is 6.54 Å². The molecule has 2 amide bonds. The molecule has 0 saturated heterocycles. The Hall–Kier alpha value is -1.84. The third-order valence-electron chi connectivity index (χ3n) is 4.06. The van der Waals surface area contributed by atoms with Crippen molar-refractivity contribution in [2.45, 2.75) is 26.8 Å². The SMILES string of the molecule is CNC(=O)C(C)(C)CNC(=NCC(=O)N(C)C)NC(C)c1ccccc1.I. The third-order valence-corrected chi connectivity index (χ3v) is 4.06. The third kappa shape index (κ3) is 8.59. The lowest BCUT2D eigenvalue weighted by molar-refractivity contribution is -0.128.